The SMILES string of the molecule is COc1cccc(CCNc2cc(Nc3ccccc3)nc(C)n2)c1. The van der Waals surface area contributed by atoms with E-state index >= 15 is 0 Å². The van der Waals surface area contributed by atoms with Crippen LogP contribution in [-0.4, -0.2) is 23.6 Å². The number of hydrogen-bond acceptors (Lipinski definition) is 5. The standard InChI is InChI=1S/C20H22N4O/c1-15-22-19(14-20(23-15)24-17-8-4-3-5-9-17)21-12-11-16-7-6-10-18(13-16)25-2/h3-10,13-14H,11-12H2,1-2H3,(H2,21,22,23,24). The van der Waals surface area contributed by atoms with E-state index < -0.39 is 0 Å². The van der Waals surface area contributed by atoms with Crippen molar-refractivity contribution in [3.63, 3.8) is 0 Å². The number of ether oxygens (including phenoxy) is 1. The van der Waals surface area contributed by atoms with Gasteiger partial charge in [-0.05, 0) is 43.2 Å². The average molecular weight is 334 g/mol. The molecule has 2 aromatic carbocycles. The highest BCUT2D eigenvalue weighted by Gasteiger charge is 2.03. The Labute approximate surface area is 148 Å². The number of para-hydroxylation sites is 1. The number of hydrogen-bond donors (Lipinski definition) is 2. The summed E-state index contributed by atoms with van der Waals surface area (Å²) in [6, 6.07) is 20.0. The van der Waals surface area contributed by atoms with Gasteiger partial charge in [0.15, 0.2) is 0 Å². The Bertz CT molecular complexity index is 821. The minimum Gasteiger partial charge on any atom is -0.497 e. The van der Waals surface area contributed by atoms with Crippen molar-refractivity contribution in [2.24, 2.45) is 0 Å². The molecular formula is C20H22N4O. The van der Waals surface area contributed by atoms with Crippen LogP contribution in [0.4, 0.5) is 17.3 Å². The van der Waals surface area contributed by atoms with E-state index in [9.17, 15) is 0 Å². The van der Waals surface area contributed by atoms with Crippen LogP contribution in [0.1, 0.15) is 11.4 Å². The molecule has 5 heteroatoms. The van der Waals surface area contributed by atoms with E-state index in [0.717, 1.165) is 41.9 Å². The van der Waals surface area contributed by atoms with Crippen molar-refractivity contribution in [2.75, 3.05) is 24.3 Å². The lowest BCUT2D eigenvalue weighted by Gasteiger charge is -2.10. The Balaban J connectivity index is 1.62. The van der Waals surface area contributed by atoms with Crippen LogP contribution in [0.3, 0.4) is 0 Å². The van der Waals surface area contributed by atoms with Gasteiger partial charge in [-0.3, -0.25) is 0 Å². The molecule has 0 amide bonds. The molecule has 0 aliphatic heterocycles. The van der Waals surface area contributed by atoms with Crippen molar-refractivity contribution in [1.82, 2.24) is 9.97 Å². The van der Waals surface area contributed by atoms with Crippen molar-refractivity contribution in [3.05, 3.63) is 72.1 Å². The third-order valence-corrected chi connectivity index (χ3v) is 3.74. The summed E-state index contributed by atoms with van der Waals surface area (Å²) in [6.45, 7) is 2.68. The lowest BCUT2D eigenvalue weighted by molar-refractivity contribution is 0.414. The summed E-state index contributed by atoms with van der Waals surface area (Å²) >= 11 is 0. The van der Waals surface area contributed by atoms with E-state index in [1.165, 1.54) is 5.56 Å². The largest absolute Gasteiger partial charge is 0.497 e. The van der Waals surface area contributed by atoms with Crippen LogP contribution >= 0.6 is 0 Å². The number of nitrogens with one attached hydrogen (secondary N) is 2. The van der Waals surface area contributed by atoms with Crippen molar-refractivity contribution in [3.8, 4) is 5.75 Å². The third kappa shape index (κ3) is 4.94. The second-order valence-electron chi connectivity index (χ2n) is 5.70. The molecule has 0 spiro atoms. The van der Waals surface area contributed by atoms with Crippen molar-refractivity contribution in [2.45, 2.75) is 13.3 Å². The van der Waals surface area contributed by atoms with E-state index in [1.54, 1.807) is 7.11 Å². The Morgan fingerprint density at radius 1 is 0.920 bits per heavy atom. The van der Waals surface area contributed by atoms with Crippen LogP contribution in [0.25, 0.3) is 0 Å². The molecule has 0 fully saturated rings. The van der Waals surface area contributed by atoms with Crippen LogP contribution in [0.15, 0.2) is 60.7 Å². The van der Waals surface area contributed by atoms with E-state index in [2.05, 4.69) is 32.7 Å². The highest BCUT2D eigenvalue weighted by Crippen LogP contribution is 2.17. The highest BCUT2D eigenvalue weighted by molar-refractivity contribution is 5.59. The summed E-state index contributed by atoms with van der Waals surface area (Å²) in [4.78, 5) is 8.89. The van der Waals surface area contributed by atoms with Gasteiger partial charge >= 0.3 is 0 Å². The number of aryl methyl sites for hydroxylation is 1. The van der Waals surface area contributed by atoms with E-state index in [-0.39, 0.29) is 0 Å². The van der Waals surface area contributed by atoms with Gasteiger partial charge in [0, 0.05) is 18.3 Å². The molecule has 5 nitrogen and oxygen atoms in total. The summed E-state index contributed by atoms with van der Waals surface area (Å²) < 4.78 is 5.26. The molecule has 0 unspecified atom stereocenters. The minimum absolute atomic E-state index is 0.727. The summed E-state index contributed by atoms with van der Waals surface area (Å²) in [5.41, 5.74) is 2.23. The first-order chi connectivity index (χ1) is 12.2. The zero-order valence-corrected chi connectivity index (χ0v) is 14.5. The van der Waals surface area contributed by atoms with Gasteiger partial charge in [-0.1, -0.05) is 30.3 Å². The van der Waals surface area contributed by atoms with Gasteiger partial charge in [0.1, 0.15) is 23.2 Å². The molecule has 0 bridgehead atoms. The van der Waals surface area contributed by atoms with Gasteiger partial charge < -0.3 is 15.4 Å². The first-order valence-corrected chi connectivity index (χ1v) is 8.27. The Kier molecular flexibility index (Phi) is 5.46. The summed E-state index contributed by atoms with van der Waals surface area (Å²) in [6.07, 6.45) is 0.891. The van der Waals surface area contributed by atoms with Gasteiger partial charge in [0.2, 0.25) is 0 Å². The lowest BCUT2D eigenvalue weighted by Crippen LogP contribution is -2.08. The number of methoxy groups -OCH3 is 1. The van der Waals surface area contributed by atoms with E-state index in [0.29, 0.717) is 0 Å². The normalized spacial score (nSPS) is 10.3. The monoisotopic (exact) mass is 334 g/mol. The number of rotatable bonds is 7. The molecule has 0 saturated carbocycles. The number of anilines is 3. The van der Waals surface area contributed by atoms with E-state index in [1.807, 2.05) is 55.5 Å². The second kappa shape index (κ2) is 8.15. The Hall–Kier alpha value is -3.08. The van der Waals surface area contributed by atoms with Crippen molar-refractivity contribution in [1.29, 1.82) is 0 Å². The van der Waals surface area contributed by atoms with Crippen LogP contribution in [-0.2, 0) is 6.42 Å². The maximum absolute atomic E-state index is 5.26. The molecular weight excluding hydrogens is 312 g/mol. The molecule has 0 aliphatic rings. The van der Waals surface area contributed by atoms with Gasteiger partial charge in [-0.25, -0.2) is 9.97 Å². The zero-order valence-electron chi connectivity index (χ0n) is 14.5. The van der Waals surface area contributed by atoms with Gasteiger partial charge in [0.05, 0.1) is 7.11 Å². The Morgan fingerprint density at radius 2 is 1.72 bits per heavy atom. The molecule has 0 radical (unpaired) electrons. The molecule has 3 aromatic rings. The van der Waals surface area contributed by atoms with Gasteiger partial charge in [0.25, 0.3) is 0 Å². The molecule has 0 saturated heterocycles. The fraction of sp³-hybridized carbons (Fsp3) is 0.200. The highest BCUT2D eigenvalue weighted by atomic mass is 16.5. The van der Waals surface area contributed by atoms with Crippen LogP contribution in [0, 0.1) is 6.92 Å². The first kappa shape index (κ1) is 16.8. The molecule has 25 heavy (non-hydrogen) atoms. The molecule has 3 rings (SSSR count). The maximum Gasteiger partial charge on any atom is 0.136 e. The minimum atomic E-state index is 0.727. The molecule has 128 valence electrons. The lowest BCUT2D eigenvalue weighted by atomic mass is 10.1. The van der Waals surface area contributed by atoms with Crippen molar-refractivity contribution >= 4 is 17.3 Å². The van der Waals surface area contributed by atoms with Gasteiger partial charge in [-0.2, -0.15) is 0 Å². The van der Waals surface area contributed by atoms with Crippen molar-refractivity contribution < 1.29 is 4.74 Å². The maximum atomic E-state index is 5.26. The summed E-state index contributed by atoms with van der Waals surface area (Å²) in [5.74, 6) is 3.20. The van der Waals surface area contributed by atoms with Crippen LogP contribution in [0.2, 0.25) is 0 Å². The topological polar surface area (TPSA) is 59.1 Å². The van der Waals surface area contributed by atoms with Crippen LogP contribution < -0.4 is 15.4 Å². The zero-order chi connectivity index (χ0) is 17.5. The van der Waals surface area contributed by atoms with Crippen LogP contribution in [0.5, 0.6) is 5.75 Å². The molecule has 2 N–H and O–H groups in total. The molecule has 1 aromatic heterocycles. The fourth-order valence-corrected chi connectivity index (χ4v) is 2.55. The Morgan fingerprint density at radius 3 is 2.52 bits per heavy atom. The quantitative estimate of drug-likeness (QED) is 0.678. The first-order valence-electron chi connectivity index (χ1n) is 8.27. The summed E-state index contributed by atoms with van der Waals surface area (Å²) in [5, 5.41) is 6.67. The smallest absolute Gasteiger partial charge is 0.136 e. The second-order valence-corrected chi connectivity index (χ2v) is 5.70. The predicted molar refractivity (Wildman–Crippen MR) is 102 cm³/mol. The molecule has 0 atom stereocenters. The number of nitrogens with zero attached hydrogens (tertiary/aromatic N) is 2. The summed E-state index contributed by atoms with van der Waals surface area (Å²) in [7, 11) is 1.68. The predicted octanol–water partition coefficient (Wildman–Crippen LogP) is 4.19. The van der Waals surface area contributed by atoms with E-state index in [4.69, 9.17) is 4.74 Å². The average Bonchev–Trinajstić information content (AvgIpc) is 2.62. The molecule has 1 heterocycles. The number of aromatic nitrogens is 2. The fourth-order valence-electron chi connectivity index (χ4n) is 2.55. The molecule has 0 aliphatic carbocycles. The third-order valence-electron chi connectivity index (χ3n) is 3.74. The number of benzene rings is 2. The van der Waals surface area contributed by atoms with Gasteiger partial charge in [-0.15, -0.1) is 0 Å².